The fourth-order valence-corrected chi connectivity index (χ4v) is 3.67. The third-order valence-electron chi connectivity index (χ3n) is 3.13. The lowest BCUT2D eigenvalue weighted by Gasteiger charge is -2.08. The Bertz CT molecular complexity index is 521. The third-order valence-corrected chi connectivity index (χ3v) is 4.55. The van der Waals surface area contributed by atoms with Gasteiger partial charge in [0.15, 0.2) is 0 Å². The number of rotatable bonds is 3. The summed E-state index contributed by atoms with van der Waals surface area (Å²) >= 11 is 7.77. The second kappa shape index (κ2) is 4.82. The molecule has 0 bridgehead atoms. The van der Waals surface area contributed by atoms with Gasteiger partial charge < -0.3 is 0 Å². The molecule has 0 amide bonds. The van der Waals surface area contributed by atoms with Gasteiger partial charge in [0.25, 0.3) is 5.78 Å². The van der Waals surface area contributed by atoms with E-state index in [1.807, 2.05) is 6.07 Å². The van der Waals surface area contributed by atoms with Crippen LogP contribution in [0.5, 0.6) is 0 Å². The minimum Gasteiger partial charge on any atom is -0.199 e. The van der Waals surface area contributed by atoms with Crippen molar-refractivity contribution in [1.82, 2.24) is 19.6 Å². The van der Waals surface area contributed by atoms with Gasteiger partial charge in [0, 0.05) is 11.8 Å². The van der Waals surface area contributed by atoms with Gasteiger partial charge in [0.1, 0.15) is 16.5 Å². The van der Waals surface area contributed by atoms with Gasteiger partial charge in [-0.1, -0.05) is 24.4 Å². The fraction of sp³-hybridized carbons (Fsp3) is 0.545. The van der Waals surface area contributed by atoms with E-state index >= 15 is 0 Å². The lowest BCUT2D eigenvalue weighted by Crippen LogP contribution is -2.00. The molecule has 0 aliphatic heterocycles. The number of nitrogens with zero attached hydrogens (tertiary/aromatic N) is 4. The topological polar surface area (TPSA) is 43.1 Å². The number of hydrogen-bond acceptors (Lipinski definition) is 4. The molecule has 0 spiro atoms. The molecule has 3 rings (SSSR count). The van der Waals surface area contributed by atoms with Crippen molar-refractivity contribution in [1.29, 1.82) is 0 Å². The molecule has 1 aliphatic rings. The van der Waals surface area contributed by atoms with E-state index < -0.39 is 0 Å². The maximum atomic E-state index is 5.97. The van der Waals surface area contributed by atoms with E-state index in [2.05, 4.69) is 15.1 Å². The number of fused-ring (bicyclic) bond motifs is 1. The molecule has 4 nitrogen and oxygen atoms in total. The lowest BCUT2D eigenvalue weighted by molar-refractivity contribution is 0.622. The van der Waals surface area contributed by atoms with Crippen LogP contribution in [0.4, 0.5) is 0 Å². The van der Waals surface area contributed by atoms with Gasteiger partial charge in [0.2, 0.25) is 0 Å². The zero-order chi connectivity index (χ0) is 11.7. The Morgan fingerprint density at radius 2 is 2.24 bits per heavy atom. The van der Waals surface area contributed by atoms with Crippen molar-refractivity contribution in [2.75, 3.05) is 5.75 Å². The van der Waals surface area contributed by atoms with Crippen LogP contribution >= 0.6 is 23.4 Å². The van der Waals surface area contributed by atoms with E-state index in [-0.39, 0.29) is 0 Å². The largest absolute Gasteiger partial charge is 0.254 e. The number of halogens is 1. The van der Waals surface area contributed by atoms with E-state index in [1.54, 1.807) is 16.3 Å². The first-order valence-corrected chi connectivity index (χ1v) is 7.18. The molecule has 2 heterocycles. The van der Waals surface area contributed by atoms with Gasteiger partial charge in [-0.25, -0.2) is 0 Å². The highest BCUT2D eigenvalue weighted by atomic mass is 35.5. The van der Waals surface area contributed by atoms with Crippen molar-refractivity contribution in [3.05, 3.63) is 17.5 Å². The Morgan fingerprint density at radius 3 is 3.06 bits per heavy atom. The van der Waals surface area contributed by atoms with E-state index in [9.17, 15) is 0 Å². The predicted octanol–water partition coefficient (Wildman–Crippen LogP) is 3.06. The quantitative estimate of drug-likeness (QED) is 0.634. The van der Waals surface area contributed by atoms with E-state index in [1.165, 1.54) is 32.0 Å². The van der Waals surface area contributed by atoms with Gasteiger partial charge in [-0.3, -0.25) is 0 Å². The van der Waals surface area contributed by atoms with E-state index in [0.717, 1.165) is 16.7 Å². The molecule has 0 aromatic carbocycles. The Labute approximate surface area is 109 Å². The molecular weight excluding hydrogens is 256 g/mol. The van der Waals surface area contributed by atoms with Crippen molar-refractivity contribution in [2.24, 2.45) is 5.92 Å². The summed E-state index contributed by atoms with van der Waals surface area (Å²) in [6.45, 7) is 0. The first-order valence-electron chi connectivity index (χ1n) is 5.82. The van der Waals surface area contributed by atoms with Crippen LogP contribution in [0.1, 0.15) is 25.7 Å². The summed E-state index contributed by atoms with van der Waals surface area (Å²) in [6.07, 6.45) is 6.97. The van der Waals surface area contributed by atoms with Crippen LogP contribution < -0.4 is 0 Å². The van der Waals surface area contributed by atoms with Crippen LogP contribution in [0, 0.1) is 5.92 Å². The predicted molar refractivity (Wildman–Crippen MR) is 68.5 cm³/mol. The molecule has 1 fully saturated rings. The van der Waals surface area contributed by atoms with Crippen molar-refractivity contribution >= 4 is 29.1 Å². The van der Waals surface area contributed by atoms with Crippen LogP contribution in [0.3, 0.4) is 0 Å². The molecule has 2 aromatic heterocycles. The highest BCUT2D eigenvalue weighted by Crippen LogP contribution is 2.31. The van der Waals surface area contributed by atoms with Crippen LogP contribution in [0.25, 0.3) is 5.78 Å². The smallest absolute Gasteiger partial charge is 0.199 e. The Morgan fingerprint density at radius 1 is 1.41 bits per heavy atom. The van der Waals surface area contributed by atoms with Crippen LogP contribution in [-0.2, 0) is 0 Å². The molecule has 2 aromatic rings. The lowest BCUT2D eigenvalue weighted by atomic mass is 10.1. The van der Waals surface area contributed by atoms with Crippen LogP contribution in [-0.4, -0.2) is 25.3 Å². The first-order chi connectivity index (χ1) is 8.33. The summed E-state index contributed by atoms with van der Waals surface area (Å²) in [5.41, 5.74) is 0. The third kappa shape index (κ3) is 2.40. The minimum atomic E-state index is 0.486. The van der Waals surface area contributed by atoms with Crippen molar-refractivity contribution in [3.8, 4) is 0 Å². The summed E-state index contributed by atoms with van der Waals surface area (Å²) in [5, 5.41) is 5.69. The molecule has 0 unspecified atom stereocenters. The monoisotopic (exact) mass is 268 g/mol. The Hall–Kier alpha value is -0.810. The molecule has 17 heavy (non-hydrogen) atoms. The van der Waals surface area contributed by atoms with Crippen LogP contribution in [0.2, 0.25) is 5.15 Å². The second-order valence-corrected chi connectivity index (χ2v) is 5.78. The summed E-state index contributed by atoms with van der Waals surface area (Å²) in [5.74, 6) is 2.55. The first kappa shape index (κ1) is 11.3. The maximum absolute atomic E-state index is 5.97. The molecule has 1 saturated carbocycles. The van der Waals surface area contributed by atoms with Gasteiger partial charge >= 0.3 is 0 Å². The van der Waals surface area contributed by atoms with Gasteiger partial charge in [-0.05, 0) is 18.8 Å². The Balaban J connectivity index is 1.81. The SMILES string of the molecule is Clc1cc(SCC2CCCC2)n2ncnc2n1. The summed E-state index contributed by atoms with van der Waals surface area (Å²) < 4.78 is 1.76. The molecule has 1 aliphatic carbocycles. The van der Waals surface area contributed by atoms with Crippen molar-refractivity contribution < 1.29 is 0 Å². The molecule has 0 N–H and O–H groups in total. The van der Waals surface area contributed by atoms with Crippen molar-refractivity contribution in [2.45, 2.75) is 30.7 Å². The number of aromatic nitrogens is 4. The van der Waals surface area contributed by atoms with Crippen LogP contribution in [0.15, 0.2) is 17.4 Å². The van der Waals surface area contributed by atoms with Gasteiger partial charge in [0.05, 0.1) is 0 Å². The van der Waals surface area contributed by atoms with Gasteiger partial charge in [-0.15, -0.1) is 11.8 Å². The molecular formula is C11H13ClN4S. The number of thioether (sulfide) groups is 1. The molecule has 6 heteroatoms. The average Bonchev–Trinajstić information content (AvgIpc) is 2.95. The van der Waals surface area contributed by atoms with E-state index in [0.29, 0.717) is 10.9 Å². The second-order valence-electron chi connectivity index (χ2n) is 4.35. The molecule has 0 atom stereocenters. The normalized spacial score (nSPS) is 17.0. The fourth-order valence-electron chi connectivity index (χ4n) is 2.24. The zero-order valence-electron chi connectivity index (χ0n) is 9.34. The summed E-state index contributed by atoms with van der Waals surface area (Å²) in [7, 11) is 0. The standard InChI is InChI=1S/C11H13ClN4S/c12-9-5-10(16-11(15-9)13-7-14-16)17-6-8-3-1-2-4-8/h5,7-8H,1-4,6H2. The number of hydrogen-bond donors (Lipinski definition) is 0. The molecule has 0 radical (unpaired) electrons. The van der Waals surface area contributed by atoms with Gasteiger partial charge in [-0.2, -0.15) is 19.6 Å². The Kier molecular flexibility index (Phi) is 3.20. The van der Waals surface area contributed by atoms with E-state index in [4.69, 9.17) is 11.6 Å². The van der Waals surface area contributed by atoms with Crippen molar-refractivity contribution in [3.63, 3.8) is 0 Å². The zero-order valence-corrected chi connectivity index (χ0v) is 10.9. The maximum Gasteiger partial charge on any atom is 0.254 e. The summed E-state index contributed by atoms with van der Waals surface area (Å²) in [4.78, 5) is 8.18. The molecule has 90 valence electrons. The highest BCUT2D eigenvalue weighted by molar-refractivity contribution is 7.99. The average molecular weight is 269 g/mol. The minimum absolute atomic E-state index is 0.486. The summed E-state index contributed by atoms with van der Waals surface area (Å²) in [6, 6.07) is 1.86. The highest BCUT2D eigenvalue weighted by Gasteiger charge is 2.16. The molecule has 0 saturated heterocycles.